The lowest BCUT2D eigenvalue weighted by Gasteiger charge is -2.07. The normalized spacial score (nSPS) is 11.9. The SMILES string of the molecule is CC#CC(O)COCCCNCCOCCN. The zero-order valence-electron chi connectivity index (χ0n) is 10.6. The largest absolute Gasteiger partial charge is 0.379 e. The third-order valence-corrected chi connectivity index (χ3v) is 1.91. The zero-order chi connectivity index (χ0) is 12.8. The first-order valence-electron chi connectivity index (χ1n) is 5.98. The molecule has 1 atom stereocenters. The molecule has 0 amide bonds. The second-order valence-corrected chi connectivity index (χ2v) is 3.49. The van der Waals surface area contributed by atoms with Gasteiger partial charge in [-0.05, 0) is 19.9 Å². The summed E-state index contributed by atoms with van der Waals surface area (Å²) in [5.41, 5.74) is 5.28. The Morgan fingerprint density at radius 3 is 2.76 bits per heavy atom. The highest BCUT2D eigenvalue weighted by Crippen LogP contribution is 1.86. The minimum atomic E-state index is -0.669. The van der Waals surface area contributed by atoms with E-state index in [1.165, 1.54) is 0 Å². The molecular weight excluding hydrogens is 220 g/mol. The average molecular weight is 244 g/mol. The summed E-state index contributed by atoms with van der Waals surface area (Å²) in [6.07, 6.45) is 0.237. The van der Waals surface area contributed by atoms with Gasteiger partial charge in [0, 0.05) is 19.7 Å². The van der Waals surface area contributed by atoms with Crippen LogP contribution in [0.3, 0.4) is 0 Å². The molecule has 100 valence electrons. The molecule has 0 aliphatic rings. The molecule has 0 aromatic carbocycles. The maximum atomic E-state index is 9.23. The third kappa shape index (κ3) is 13.3. The fourth-order valence-electron chi connectivity index (χ4n) is 1.16. The van der Waals surface area contributed by atoms with Crippen LogP contribution in [0, 0.1) is 11.8 Å². The van der Waals surface area contributed by atoms with Crippen LogP contribution in [0.5, 0.6) is 0 Å². The third-order valence-electron chi connectivity index (χ3n) is 1.91. The highest BCUT2D eigenvalue weighted by molar-refractivity contribution is 5.01. The molecule has 0 aromatic rings. The van der Waals surface area contributed by atoms with Crippen molar-refractivity contribution in [3.8, 4) is 11.8 Å². The molecule has 0 radical (unpaired) electrons. The van der Waals surface area contributed by atoms with Crippen molar-refractivity contribution >= 4 is 0 Å². The Balaban J connectivity index is 3.05. The summed E-state index contributed by atoms with van der Waals surface area (Å²) in [7, 11) is 0. The molecule has 0 bridgehead atoms. The van der Waals surface area contributed by atoms with Gasteiger partial charge in [0.2, 0.25) is 0 Å². The summed E-state index contributed by atoms with van der Waals surface area (Å²) in [6.45, 7) is 6.16. The lowest BCUT2D eigenvalue weighted by Crippen LogP contribution is -2.23. The van der Waals surface area contributed by atoms with Crippen molar-refractivity contribution in [2.24, 2.45) is 5.73 Å². The molecule has 0 aromatic heterocycles. The van der Waals surface area contributed by atoms with Crippen molar-refractivity contribution in [2.75, 3.05) is 46.1 Å². The number of ether oxygens (including phenoxy) is 2. The van der Waals surface area contributed by atoms with Crippen LogP contribution in [0.2, 0.25) is 0 Å². The van der Waals surface area contributed by atoms with Crippen LogP contribution in [0.15, 0.2) is 0 Å². The van der Waals surface area contributed by atoms with Gasteiger partial charge in [-0.25, -0.2) is 0 Å². The fraction of sp³-hybridized carbons (Fsp3) is 0.833. The molecule has 0 saturated carbocycles. The first-order chi connectivity index (χ1) is 8.31. The molecule has 0 aliphatic heterocycles. The predicted molar refractivity (Wildman–Crippen MR) is 67.6 cm³/mol. The molecule has 0 aliphatic carbocycles. The fourth-order valence-corrected chi connectivity index (χ4v) is 1.16. The van der Waals surface area contributed by atoms with E-state index >= 15 is 0 Å². The molecule has 0 fully saturated rings. The highest BCUT2D eigenvalue weighted by Gasteiger charge is 1.97. The number of hydrogen-bond donors (Lipinski definition) is 3. The van der Waals surface area contributed by atoms with Gasteiger partial charge in [0.15, 0.2) is 0 Å². The van der Waals surface area contributed by atoms with Gasteiger partial charge in [0.1, 0.15) is 6.10 Å². The average Bonchev–Trinajstić information content (AvgIpc) is 2.32. The van der Waals surface area contributed by atoms with E-state index < -0.39 is 6.10 Å². The number of hydrogen-bond acceptors (Lipinski definition) is 5. The molecule has 17 heavy (non-hydrogen) atoms. The van der Waals surface area contributed by atoms with E-state index in [-0.39, 0.29) is 6.61 Å². The molecule has 0 spiro atoms. The number of rotatable bonds is 11. The minimum absolute atomic E-state index is 0.278. The van der Waals surface area contributed by atoms with Gasteiger partial charge < -0.3 is 25.6 Å². The highest BCUT2D eigenvalue weighted by atomic mass is 16.5. The van der Waals surface area contributed by atoms with Crippen LogP contribution in [-0.2, 0) is 9.47 Å². The summed E-state index contributed by atoms with van der Waals surface area (Å²) in [5.74, 6) is 5.25. The lowest BCUT2D eigenvalue weighted by molar-refractivity contribution is 0.0624. The van der Waals surface area contributed by atoms with Crippen molar-refractivity contribution in [1.82, 2.24) is 5.32 Å². The molecule has 1 unspecified atom stereocenters. The Bertz CT molecular complexity index is 214. The van der Waals surface area contributed by atoms with Crippen molar-refractivity contribution < 1.29 is 14.6 Å². The van der Waals surface area contributed by atoms with Gasteiger partial charge in [0.25, 0.3) is 0 Å². The van der Waals surface area contributed by atoms with E-state index in [9.17, 15) is 5.11 Å². The number of nitrogens with two attached hydrogens (primary N) is 1. The van der Waals surface area contributed by atoms with Gasteiger partial charge in [-0.3, -0.25) is 0 Å². The van der Waals surface area contributed by atoms with E-state index in [0.29, 0.717) is 26.4 Å². The summed E-state index contributed by atoms with van der Waals surface area (Å²) < 4.78 is 10.5. The van der Waals surface area contributed by atoms with Crippen molar-refractivity contribution in [3.05, 3.63) is 0 Å². The maximum Gasteiger partial charge on any atom is 0.137 e. The Kier molecular flexibility index (Phi) is 12.9. The monoisotopic (exact) mass is 244 g/mol. The second kappa shape index (κ2) is 13.4. The van der Waals surface area contributed by atoms with Gasteiger partial charge >= 0.3 is 0 Å². The van der Waals surface area contributed by atoms with Gasteiger partial charge in [-0.1, -0.05) is 5.92 Å². The minimum Gasteiger partial charge on any atom is -0.379 e. The molecule has 0 saturated heterocycles. The van der Waals surface area contributed by atoms with Crippen molar-refractivity contribution in [1.29, 1.82) is 0 Å². The van der Waals surface area contributed by atoms with E-state index in [1.54, 1.807) is 6.92 Å². The maximum absolute atomic E-state index is 9.23. The molecule has 5 heteroatoms. The zero-order valence-corrected chi connectivity index (χ0v) is 10.6. The van der Waals surface area contributed by atoms with Crippen LogP contribution in [0.1, 0.15) is 13.3 Å². The van der Waals surface area contributed by atoms with Crippen LogP contribution in [0.4, 0.5) is 0 Å². The van der Waals surface area contributed by atoms with E-state index in [4.69, 9.17) is 15.2 Å². The Hall–Kier alpha value is -0.640. The number of aliphatic hydroxyl groups excluding tert-OH is 1. The molecule has 0 rings (SSSR count). The standard InChI is InChI=1S/C12H24N2O3/c1-2-4-12(15)11-17-8-3-6-14-7-10-16-9-5-13/h12,14-15H,3,5-11,13H2,1H3. The Morgan fingerprint density at radius 2 is 2.06 bits per heavy atom. The first kappa shape index (κ1) is 16.4. The second-order valence-electron chi connectivity index (χ2n) is 3.49. The van der Waals surface area contributed by atoms with Gasteiger partial charge in [-0.2, -0.15) is 0 Å². The Labute approximate surface area is 104 Å². The smallest absolute Gasteiger partial charge is 0.137 e. The quantitative estimate of drug-likeness (QED) is 0.332. The summed E-state index contributed by atoms with van der Waals surface area (Å²) in [4.78, 5) is 0. The molecule has 5 nitrogen and oxygen atoms in total. The van der Waals surface area contributed by atoms with E-state index in [2.05, 4.69) is 17.2 Å². The van der Waals surface area contributed by atoms with Crippen LogP contribution >= 0.6 is 0 Å². The Morgan fingerprint density at radius 1 is 1.24 bits per heavy atom. The lowest BCUT2D eigenvalue weighted by atomic mass is 10.4. The number of nitrogens with one attached hydrogen (secondary N) is 1. The van der Waals surface area contributed by atoms with Gasteiger partial charge in [0.05, 0.1) is 19.8 Å². The topological polar surface area (TPSA) is 76.7 Å². The molecule has 0 heterocycles. The van der Waals surface area contributed by atoms with Crippen molar-refractivity contribution in [2.45, 2.75) is 19.4 Å². The molecule has 4 N–H and O–H groups in total. The predicted octanol–water partition coefficient (Wildman–Crippen LogP) is -0.658. The first-order valence-corrected chi connectivity index (χ1v) is 5.98. The van der Waals surface area contributed by atoms with Gasteiger partial charge in [-0.15, -0.1) is 5.92 Å². The van der Waals surface area contributed by atoms with Crippen LogP contribution in [0.25, 0.3) is 0 Å². The summed E-state index contributed by atoms with van der Waals surface area (Å²) in [5, 5.41) is 12.5. The van der Waals surface area contributed by atoms with Crippen LogP contribution < -0.4 is 11.1 Å². The van der Waals surface area contributed by atoms with E-state index in [1.807, 2.05) is 0 Å². The number of aliphatic hydroxyl groups is 1. The van der Waals surface area contributed by atoms with Crippen LogP contribution in [-0.4, -0.2) is 57.3 Å². The molecular formula is C12H24N2O3. The van der Waals surface area contributed by atoms with E-state index in [0.717, 1.165) is 19.5 Å². The summed E-state index contributed by atoms with van der Waals surface area (Å²) in [6, 6.07) is 0. The van der Waals surface area contributed by atoms with Crippen molar-refractivity contribution in [3.63, 3.8) is 0 Å². The summed E-state index contributed by atoms with van der Waals surface area (Å²) >= 11 is 0.